The van der Waals surface area contributed by atoms with E-state index in [1.54, 1.807) is 0 Å². The molecule has 0 unspecified atom stereocenters. The van der Waals surface area contributed by atoms with Crippen LogP contribution in [0.2, 0.25) is 0 Å². The van der Waals surface area contributed by atoms with Crippen LogP contribution < -0.4 is 0 Å². The first kappa shape index (κ1) is 113. The van der Waals surface area contributed by atoms with Gasteiger partial charge in [0, 0.05) is 0 Å². The van der Waals surface area contributed by atoms with Gasteiger partial charge in [-0.3, -0.25) is 0 Å². The number of rotatable bonds is 0. The fraction of sp³-hybridized carbons (Fsp3) is 0. The third-order valence-electron chi connectivity index (χ3n) is 0. The Kier molecular flexibility index (Phi) is 1390. The van der Waals surface area contributed by atoms with Gasteiger partial charge in [-0.2, -0.15) is 0 Å². The van der Waals surface area contributed by atoms with E-state index in [9.17, 15) is 0 Å². The molecule has 38 valence electrons. The fourth-order valence-electron chi connectivity index (χ4n) is 0. The Labute approximate surface area is 58.0 Å². The molecule has 0 fully saturated rings. The zero-order chi connectivity index (χ0) is 0. The van der Waals surface area contributed by atoms with E-state index >= 15 is 0 Å². The van der Waals surface area contributed by atoms with E-state index in [0.717, 1.165) is 0 Å². The Hall–Kier alpha value is 1.23. The zero-order valence-electron chi connectivity index (χ0n) is 1.86. The van der Waals surface area contributed by atoms with Crippen LogP contribution in [0.4, 0.5) is 0 Å². The minimum Gasteiger partial charge on any atom is -2.00 e. The smallest absolute Gasteiger partial charge is 2.00 e. The molecule has 0 aromatic carbocycles. The fourth-order valence-corrected chi connectivity index (χ4v) is 0. The maximum absolute atomic E-state index is 0. The van der Waals surface area contributed by atoms with Gasteiger partial charge in [0.25, 0.3) is 0 Å². The number of hydrogen-bond donors (Lipinski definition) is 0. The Bertz CT molecular complexity index is 6.85. The maximum Gasteiger partial charge on any atom is 4.00 e. The van der Waals surface area contributed by atoms with Crippen molar-refractivity contribution in [3.63, 3.8) is 0 Å². The normalized spacial score (nSPS) is 0. The molecular formula is O3PdPt. The van der Waals surface area contributed by atoms with Crippen LogP contribution in [0.15, 0.2) is 0 Å². The van der Waals surface area contributed by atoms with Crippen molar-refractivity contribution in [1.82, 2.24) is 0 Å². The van der Waals surface area contributed by atoms with E-state index in [-0.39, 0.29) is 57.9 Å². The third-order valence-corrected chi connectivity index (χ3v) is 0. The summed E-state index contributed by atoms with van der Waals surface area (Å²) in [5, 5.41) is 0. The third kappa shape index (κ3) is 36.0. The molecule has 0 saturated carbocycles. The summed E-state index contributed by atoms with van der Waals surface area (Å²) < 4.78 is 0. The molecule has 5 heteroatoms. The van der Waals surface area contributed by atoms with Crippen molar-refractivity contribution in [2.24, 2.45) is 0 Å². The average Bonchev–Trinajstić information content (AvgIpc) is 0. The summed E-state index contributed by atoms with van der Waals surface area (Å²) >= 11 is 0. The quantitative estimate of drug-likeness (QED) is 0.535. The van der Waals surface area contributed by atoms with Crippen molar-refractivity contribution in [2.75, 3.05) is 0 Å². The van der Waals surface area contributed by atoms with Crippen LogP contribution in [-0.4, -0.2) is 0 Å². The second kappa shape index (κ2) is 61.8. The van der Waals surface area contributed by atoms with Crippen molar-refractivity contribution < 1.29 is 57.9 Å². The molecule has 0 aliphatic rings. The Morgan fingerprint density at radius 1 is 0.600 bits per heavy atom. The van der Waals surface area contributed by atoms with Gasteiger partial charge in [-0.15, -0.1) is 0 Å². The van der Waals surface area contributed by atoms with E-state index in [0.29, 0.717) is 0 Å². The van der Waals surface area contributed by atoms with Crippen LogP contribution >= 0.6 is 0 Å². The van der Waals surface area contributed by atoms with Crippen LogP contribution in [0.5, 0.6) is 0 Å². The Balaban J connectivity index is 0. The predicted molar refractivity (Wildman–Crippen MR) is 2.06 cm³/mol. The van der Waals surface area contributed by atoms with Crippen LogP contribution in [-0.2, 0) is 57.9 Å². The van der Waals surface area contributed by atoms with Gasteiger partial charge < -0.3 is 16.4 Å². The maximum atomic E-state index is 0. The van der Waals surface area contributed by atoms with Gasteiger partial charge in [-0.1, -0.05) is 0 Å². The summed E-state index contributed by atoms with van der Waals surface area (Å²) in [6, 6.07) is 0. The number of hydrogen-bond acceptors (Lipinski definition) is 0. The molecule has 0 rings (SSSR count). The molecule has 0 spiro atoms. The van der Waals surface area contributed by atoms with E-state index in [1.807, 2.05) is 0 Å². The molecule has 0 aromatic heterocycles. The molecule has 0 saturated heterocycles. The molecule has 0 heterocycles. The van der Waals surface area contributed by atoms with Gasteiger partial charge in [-0.25, -0.2) is 0 Å². The Morgan fingerprint density at radius 2 is 0.600 bits per heavy atom. The summed E-state index contributed by atoms with van der Waals surface area (Å²) in [4.78, 5) is 0. The van der Waals surface area contributed by atoms with Gasteiger partial charge in [-0.05, 0) is 0 Å². The van der Waals surface area contributed by atoms with Crippen molar-refractivity contribution in [2.45, 2.75) is 0 Å². The molecule has 0 N–H and O–H groups in total. The van der Waals surface area contributed by atoms with E-state index < -0.39 is 0 Å². The van der Waals surface area contributed by atoms with E-state index in [1.165, 1.54) is 0 Å². The first-order chi connectivity index (χ1) is 0. The topological polar surface area (TPSA) is 85.5 Å². The monoisotopic (exact) mass is 349 g/mol. The van der Waals surface area contributed by atoms with Crippen molar-refractivity contribution >= 4 is 0 Å². The van der Waals surface area contributed by atoms with E-state index in [2.05, 4.69) is 0 Å². The SMILES string of the molecule is [O-2].[O-2].[O-2].[Pd+2].[Pt+4]. The van der Waals surface area contributed by atoms with Gasteiger partial charge >= 0.3 is 41.5 Å². The predicted octanol–water partition coefficient (Wildman–Crippen LogP) is -0.361. The average molecular weight is 349 g/mol. The van der Waals surface area contributed by atoms with Crippen molar-refractivity contribution in [3.05, 3.63) is 0 Å². The molecular weight excluding hydrogens is 349 g/mol. The van der Waals surface area contributed by atoms with Gasteiger partial charge in [0.2, 0.25) is 0 Å². The molecule has 0 bridgehead atoms. The molecule has 0 atom stereocenters. The first-order valence-corrected chi connectivity index (χ1v) is 0. The van der Waals surface area contributed by atoms with Gasteiger partial charge in [0.1, 0.15) is 0 Å². The van der Waals surface area contributed by atoms with Crippen molar-refractivity contribution in [3.8, 4) is 0 Å². The largest absolute Gasteiger partial charge is 4.00 e. The summed E-state index contributed by atoms with van der Waals surface area (Å²) in [7, 11) is 0. The van der Waals surface area contributed by atoms with Gasteiger partial charge in [0.05, 0.1) is 0 Å². The molecule has 0 aliphatic heterocycles. The minimum atomic E-state index is 0. The van der Waals surface area contributed by atoms with Crippen molar-refractivity contribution in [1.29, 1.82) is 0 Å². The zero-order valence-corrected chi connectivity index (χ0v) is 5.68. The minimum absolute atomic E-state index is 0. The summed E-state index contributed by atoms with van der Waals surface area (Å²) in [5.74, 6) is 0. The standard InChI is InChI=1S/3O.Pd.Pt/q3*-2;+2;+4. The summed E-state index contributed by atoms with van der Waals surface area (Å²) in [6.45, 7) is 0. The molecule has 3 nitrogen and oxygen atoms in total. The molecule has 0 radical (unpaired) electrons. The molecule has 0 aromatic rings. The summed E-state index contributed by atoms with van der Waals surface area (Å²) in [6.07, 6.45) is 0. The second-order valence-corrected chi connectivity index (χ2v) is 0. The van der Waals surface area contributed by atoms with Gasteiger partial charge in [0.15, 0.2) is 0 Å². The van der Waals surface area contributed by atoms with Crippen LogP contribution in [0, 0.1) is 0 Å². The first-order valence-electron chi connectivity index (χ1n) is 0. The molecule has 5 heavy (non-hydrogen) atoms. The van der Waals surface area contributed by atoms with Crippen LogP contribution in [0.25, 0.3) is 0 Å². The summed E-state index contributed by atoms with van der Waals surface area (Å²) in [5.41, 5.74) is 0. The van der Waals surface area contributed by atoms with Crippen LogP contribution in [0.3, 0.4) is 0 Å². The molecule has 0 aliphatic carbocycles. The Morgan fingerprint density at radius 3 is 0.600 bits per heavy atom. The van der Waals surface area contributed by atoms with Crippen LogP contribution in [0.1, 0.15) is 0 Å². The van der Waals surface area contributed by atoms with E-state index in [4.69, 9.17) is 0 Å². The second-order valence-electron chi connectivity index (χ2n) is 0. The molecule has 0 amide bonds.